The molecule has 0 aliphatic carbocycles. The van der Waals surface area contributed by atoms with Crippen molar-refractivity contribution in [2.75, 3.05) is 18.0 Å². The molecule has 1 aromatic heterocycles. The minimum Gasteiger partial charge on any atom is -0.336 e. The standard InChI is InChI=1S/C27H34N2O2S/c1-2-3-4-5-6-7-8-11-18-29-26(30)24(23-17-13-20-32-23)25(27(29)31)28-19-12-15-21-14-9-10-16-22(21)28/h9-10,13-14,16-17,20H,2-8,11-12,15,18-19H2,1H3. The van der Waals surface area contributed by atoms with Crippen molar-refractivity contribution in [3.05, 3.63) is 57.9 Å². The minimum absolute atomic E-state index is 0.126. The fraction of sp³-hybridized carbons (Fsp3) is 0.481. The average molecular weight is 451 g/mol. The van der Waals surface area contributed by atoms with Gasteiger partial charge in [-0.15, -0.1) is 11.3 Å². The van der Waals surface area contributed by atoms with Crippen LogP contribution >= 0.6 is 11.3 Å². The van der Waals surface area contributed by atoms with E-state index in [1.54, 1.807) is 0 Å². The second-order valence-corrected chi connectivity index (χ2v) is 9.77. The van der Waals surface area contributed by atoms with E-state index in [2.05, 4.69) is 24.0 Å². The number of rotatable bonds is 11. The third-order valence-electron chi connectivity index (χ3n) is 6.53. The summed E-state index contributed by atoms with van der Waals surface area (Å²) in [6, 6.07) is 12.2. The van der Waals surface area contributed by atoms with Crippen molar-refractivity contribution in [2.24, 2.45) is 0 Å². The van der Waals surface area contributed by atoms with Crippen LogP contribution in [0.4, 0.5) is 5.69 Å². The first-order chi connectivity index (χ1) is 15.7. The number of anilines is 1. The van der Waals surface area contributed by atoms with Gasteiger partial charge in [0.2, 0.25) is 0 Å². The molecule has 0 bridgehead atoms. The lowest BCUT2D eigenvalue weighted by molar-refractivity contribution is -0.137. The van der Waals surface area contributed by atoms with Gasteiger partial charge in [0, 0.05) is 23.7 Å². The maximum absolute atomic E-state index is 13.6. The zero-order chi connectivity index (χ0) is 22.3. The van der Waals surface area contributed by atoms with Crippen LogP contribution in [0.3, 0.4) is 0 Å². The zero-order valence-corrected chi connectivity index (χ0v) is 20.0. The normalized spacial score (nSPS) is 16.3. The number of nitrogens with zero attached hydrogens (tertiary/aromatic N) is 2. The summed E-state index contributed by atoms with van der Waals surface area (Å²) in [5.41, 5.74) is 3.47. The molecular formula is C27H34N2O2S. The van der Waals surface area contributed by atoms with E-state index < -0.39 is 0 Å². The highest BCUT2D eigenvalue weighted by molar-refractivity contribution is 7.11. The molecule has 2 aliphatic rings. The summed E-state index contributed by atoms with van der Waals surface area (Å²) in [5.74, 6) is -0.253. The molecule has 0 spiro atoms. The Bertz CT molecular complexity index is 964. The molecule has 2 aliphatic heterocycles. The van der Waals surface area contributed by atoms with Gasteiger partial charge in [0.15, 0.2) is 0 Å². The number of carbonyl (C=O) groups excluding carboxylic acids is 2. The Morgan fingerprint density at radius 1 is 0.875 bits per heavy atom. The first kappa shape index (κ1) is 22.8. The molecule has 0 saturated heterocycles. The van der Waals surface area contributed by atoms with Crippen LogP contribution in [0, 0.1) is 0 Å². The fourth-order valence-corrected chi connectivity index (χ4v) is 5.59. The molecule has 4 rings (SSSR count). The number of unbranched alkanes of at least 4 members (excludes halogenated alkanes) is 7. The lowest BCUT2D eigenvalue weighted by Gasteiger charge is -2.32. The van der Waals surface area contributed by atoms with E-state index in [-0.39, 0.29) is 11.8 Å². The van der Waals surface area contributed by atoms with Crippen molar-refractivity contribution in [1.29, 1.82) is 0 Å². The number of imide groups is 1. The summed E-state index contributed by atoms with van der Waals surface area (Å²) in [7, 11) is 0. The third kappa shape index (κ3) is 4.83. The van der Waals surface area contributed by atoms with Crippen LogP contribution in [0.25, 0.3) is 5.57 Å². The lowest BCUT2D eigenvalue weighted by atomic mass is 10.00. The molecule has 0 radical (unpaired) electrons. The van der Waals surface area contributed by atoms with Crippen LogP contribution in [0.2, 0.25) is 0 Å². The molecular weight excluding hydrogens is 416 g/mol. The Morgan fingerprint density at radius 3 is 2.38 bits per heavy atom. The average Bonchev–Trinajstić information content (AvgIpc) is 3.42. The summed E-state index contributed by atoms with van der Waals surface area (Å²) in [6.45, 7) is 3.52. The number of fused-ring (bicyclic) bond motifs is 1. The number of aryl methyl sites for hydroxylation is 1. The zero-order valence-electron chi connectivity index (χ0n) is 19.1. The smallest absolute Gasteiger partial charge is 0.278 e. The summed E-state index contributed by atoms with van der Waals surface area (Å²) in [5, 5.41) is 1.98. The van der Waals surface area contributed by atoms with E-state index in [9.17, 15) is 9.59 Å². The topological polar surface area (TPSA) is 40.6 Å². The molecule has 0 fully saturated rings. The molecule has 0 unspecified atom stereocenters. The summed E-state index contributed by atoms with van der Waals surface area (Å²) < 4.78 is 0. The molecule has 3 heterocycles. The van der Waals surface area contributed by atoms with Crippen molar-refractivity contribution in [3.8, 4) is 0 Å². The third-order valence-corrected chi connectivity index (χ3v) is 7.41. The van der Waals surface area contributed by atoms with Gasteiger partial charge < -0.3 is 4.90 Å². The van der Waals surface area contributed by atoms with E-state index >= 15 is 0 Å². The Hall–Kier alpha value is -2.40. The van der Waals surface area contributed by atoms with Crippen LogP contribution in [0.15, 0.2) is 47.5 Å². The van der Waals surface area contributed by atoms with Crippen molar-refractivity contribution in [1.82, 2.24) is 4.90 Å². The molecule has 32 heavy (non-hydrogen) atoms. The number of carbonyl (C=O) groups is 2. The van der Waals surface area contributed by atoms with Crippen molar-refractivity contribution >= 4 is 34.4 Å². The van der Waals surface area contributed by atoms with Gasteiger partial charge in [-0.2, -0.15) is 0 Å². The van der Waals surface area contributed by atoms with Gasteiger partial charge in [0.1, 0.15) is 5.70 Å². The summed E-state index contributed by atoms with van der Waals surface area (Å²) in [6.07, 6.45) is 11.6. The molecule has 0 atom stereocenters. The molecule has 0 saturated carbocycles. The van der Waals surface area contributed by atoms with Crippen molar-refractivity contribution in [3.63, 3.8) is 0 Å². The maximum atomic E-state index is 13.6. The quantitative estimate of drug-likeness (QED) is 0.293. The Balaban J connectivity index is 1.49. The molecule has 0 N–H and O–H groups in total. The molecule has 2 amide bonds. The highest BCUT2D eigenvalue weighted by Crippen LogP contribution is 2.39. The molecule has 170 valence electrons. The number of hydrogen-bond donors (Lipinski definition) is 0. The van der Waals surface area contributed by atoms with Crippen LogP contribution in [0.1, 0.15) is 75.2 Å². The largest absolute Gasteiger partial charge is 0.336 e. The van der Waals surface area contributed by atoms with E-state index in [4.69, 9.17) is 0 Å². The van der Waals surface area contributed by atoms with E-state index in [0.717, 1.165) is 42.8 Å². The van der Waals surface area contributed by atoms with E-state index in [0.29, 0.717) is 17.8 Å². The van der Waals surface area contributed by atoms with E-state index in [1.807, 2.05) is 29.6 Å². The number of amides is 2. The van der Waals surface area contributed by atoms with Crippen molar-refractivity contribution < 1.29 is 9.59 Å². The van der Waals surface area contributed by atoms with Gasteiger partial charge in [0.05, 0.1) is 5.57 Å². The van der Waals surface area contributed by atoms with Gasteiger partial charge in [-0.25, -0.2) is 0 Å². The number of hydrogen-bond acceptors (Lipinski definition) is 4. The van der Waals surface area contributed by atoms with Gasteiger partial charge in [0.25, 0.3) is 11.8 Å². The van der Waals surface area contributed by atoms with E-state index in [1.165, 1.54) is 60.3 Å². The second-order valence-electron chi connectivity index (χ2n) is 8.82. The van der Waals surface area contributed by atoms with Crippen LogP contribution < -0.4 is 4.90 Å². The minimum atomic E-state index is -0.127. The van der Waals surface area contributed by atoms with Gasteiger partial charge in [-0.05, 0) is 42.3 Å². The predicted molar refractivity (Wildman–Crippen MR) is 133 cm³/mol. The maximum Gasteiger partial charge on any atom is 0.278 e. The first-order valence-corrected chi connectivity index (χ1v) is 13.1. The van der Waals surface area contributed by atoms with Crippen molar-refractivity contribution in [2.45, 2.75) is 71.1 Å². The molecule has 1 aromatic carbocycles. The Kier molecular flexibility index (Phi) is 7.80. The highest BCUT2D eigenvalue weighted by Gasteiger charge is 2.42. The highest BCUT2D eigenvalue weighted by atomic mass is 32.1. The SMILES string of the molecule is CCCCCCCCCCN1C(=O)C(c2cccs2)=C(N2CCCc3ccccc32)C1=O. The monoisotopic (exact) mass is 450 g/mol. The van der Waals surface area contributed by atoms with Gasteiger partial charge >= 0.3 is 0 Å². The summed E-state index contributed by atoms with van der Waals surface area (Å²) in [4.78, 5) is 31.5. The fourth-order valence-electron chi connectivity index (χ4n) is 4.83. The Labute approximate surface area is 195 Å². The molecule has 2 aromatic rings. The second kappa shape index (κ2) is 11.0. The summed E-state index contributed by atoms with van der Waals surface area (Å²) >= 11 is 1.53. The first-order valence-electron chi connectivity index (χ1n) is 12.2. The van der Waals surface area contributed by atoms with Gasteiger partial charge in [-0.1, -0.05) is 76.1 Å². The molecule has 4 nitrogen and oxygen atoms in total. The predicted octanol–water partition coefficient (Wildman–Crippen LogP) is 6.42. The number of para-hydroxylation sites is 1. The van der Waals surface area contributed by atoms with Crippen LogP contribution in [-0.2, 0) is 16.0 Å². The van der Waals surface area contributed by atoms with Gasteiger partial charge in [-0.3, -0.25) is 14.5 Å². The lowest BCUT2D eigenvalue weighted by Crippen LogP contribution is -2.37. The van der Waals surface area contributed by atoms with Crippen LogP contribution in [-0.4, -0.2) is 29.8 Å². The number of benzene rings is 1. The Morgan fingerprint density at radius 2 is 1.62 bits per heavy atom. The van der Waals surface area contributed by atoms with Crippen LogP contribution in [0.5, 0.6) is 0 Å². The number of thiophene rings is 1. The molecule has 5 heteroatoms.